The highest BCUT2D eigenvalue weighted by atomic mass is 16.3. The van der Waals surface area contributed by atoms with E-state index < -0.39 is 12.2 Å². The molecular formula is C5H6O3. The average molecular weight is 114 g/mol. The fourth-order valence-electron chi connectivity index (χ4n) is 0.117. The fourth-order valence-corrected chi connectivity index (χ4v) is 0.117. The molecule has 0 saturated heterocycles. The van der Waals surface area contributed by atoms with Crippen molar-refractivity contribution in [3.8, 4) is 12.3 Å². The summed E-state index contributed by atoms with van der Waals surface area (Å²) >= 11 is 0. The lowest BCUT2D eigenvalue weighted by molar-refractivity contribution is -0.121. The normalized spacial score (nSPS) is 16.1. The molecule has 0 saturated carbocycles. The first-order valence-electron chi connectivity index (χ1n) is 1.96. The minimum Gasteiger partial charge on any atom is -0.392 e. The summed E-state index contributed by atoms with van der Waals surface area (Å²) in [4.78, 5) is 9.74. The fraction of sp³-hybridized carbons (Fsp3) is 0.400. The third-order valence-electron chi connectivity index (χ3n) is 0.686. The second-order valence-electron chi connectivity index (χ2n) is 1.34. The van der Waals surface area contributed by atoms with Gasteiger partial charge in [0.05, 0.1) is 6.61 Å². The van der Waals surface area contributed by atoms with Crippen LogP contribution in [-0.2, 0) is 4.79 Å². The topological polar surface area (TPSA) is 57.5 Å². The van der Waals surface area contributed by atoms with E-state index in [0.717, 1.165) is 0 Å². The lowest BCUT2D eigenvalue weighted by Gasteiger charge is -2.07. The van der Waals surface area contributed by atoms with Gasteiger partial charge in [0.25, 0.3) is 0 Å². The monoisotopic (exact) mass is 114 g/mol. The molecule has 0 heterocycles. The number of hydrogen-bond donors (Lipinski definition) is 2. The zero-order valence-electron chi connectivity index (χ0n) is 4.16. The van der Waals surface area contributed by atoms with Gasteiger partial charge in [-0.05, 0) is 0 Å². The highest BCUT2D eigenvalue weighted by Crippen LogP contribution is 1.93. The van der Waals surface area contributed by atoms with Crippen molar-refractivity contribution >= 4 is 6.29 Å². The summed E-state index contributed by atoms with van der Waals surface area (Å²) in [5, 5.41) is 16.7. The average Bonchev–Trinajstić information content (AvgIpc) is 1.87. The molecule has 0 radical (unpaired) electrons. The van der Waals surface area contributed by atoms with E-state index in [1.807, 2.05) is 0 Å². The van der Waals surface area contributed by atoms with E-state index in [1.54, 1.807) is 5.92 Å². The van der Waals surface area contributed by atoms with Gasteiger partial charge in [-0.25, -0.2) is 0 Å². The predicted molar refractivity (Wildman–Crippen MR) is 26.9 cm³/mol. The van der Waals surface area contributed by atoms with Crippen LogP contribution in [0.3, 0.4) is 0 Å². The molecule has 8 heavy (non-hydrogen) atoms. The Labute approximate surface area is 46.9 Å². The molecule has 0 spiro atoms. The number of carbonyl (C=O) groups is 1. The first kappa shape index (κ1) is 7.15. The van der Waals surface area contributed by atoms with Crippen LogP contribution in [0.5, 0.6) is 0 Å². The molecule has 3 heteroatoms. The van der Waals surface area contributed by atoms with Crippen molar-refractivity contribution in [2.24, 2.45) is 0 Å². The molecule has 0 amide bonds. The lowest BCUT2D eigenvalue weighted by atomic mass is 10.1. The van der Waals surface area contributed by atoms with E-state index in [2.05, 4.69) is 6.42 Å². The van der Waals surface area contributed by atoms with Gasteiger partial charge in [0, 0.05) is 0 Å². The molecule has 44 valence electrons. The maximum atomic E-state index is 9.74. The number of aliphatic hydroxyl groups is 2. The lowest BCUT2D eigenvalue weighted by Crippen LogP contribution is -2.32. The molecular weight excluding hydrogens is 108 g/mol. The third-order valence-corrected chi connectivity index (χ3v) is 0.686. The van der Waals surface area contributed by atoms with Gasteiger partial charge in [-0.3, -0.25) is 4.79 Å². The summed E-state index contributed by atoms with van der Waals surface area (Å²) in [5.41, 5.74) is -1.97. The zero-order chi connectivity index (χ0) is 6.62. The Hall–Kier alpha value is -0.850. The first-order chi connectivity index (χ1) is 3.68. The van der Waals surface area contributed by atoms with Crippen molar-refractivity contribution in [1.29, 1.82) is 0 Å². The zero-order valence-corrected chi connectivity index (χ0v) is 4.16. The smallest absolute Gasteiger partial charge is 0.204 e. The van der Waals surface area contributed by atoms with Crippen LogP contribution in [0.15, 0.2) is 0 Å². The molecule has 0 aromatic heterocycles. The summed E-state index contributed by atoms with van der Waals surface area (Å²) in [5.74, 6) is 1.72. The first-order valence-corrected chi connectivity index (χ1v) is 1.96. The number of hydrogen-bond acceptors (Lipinski definition) is 3. The molecule has 0 aromatic carbocycles. The van der Waals surface area contributed by atoms with Gasteiger partial charge in [-0.1, -0.05) is 5.92 Å². The number of carbonyl (C=O) groups excluding carboxylic acids is 1. The van der Waals surface area contributed by atoms with Crippen LogP contribution in [0, 0.1) is 12.3 Å². The van der Waals surface area contributed by atoms with Gasteiger partial charge >= 0.3 is 0 Å². The van der Waals surface area contributed by atoms with E-state index in [0.29, 0.717) is 0 Å². The SMILES string of the molecule is C#C[C@](O)(C=O)CO. The Bertz CT molecular complexity index is 124. The Morgan fingerprint density at radius 1 is 1.88 bits per heavy atom. The summed E-state index contributed by atoms with van der Waals surface area (Å²) in [6.45, 7) is -0.729. The summed E-state index contributed by atoms with van der Waals surface area (Å²) < 4.78 is 0. The summed E-state index contributed by atoms with van der Waals surface area (Å²) in [6, 6.07) is 0. The van der Waals surface area contributed by atoms with Crippen molar-refractivity contribution in [2.75, 3.05) is 6.61 Å². The maximum Gasteiger partial charge on any atom is 0.204 e. The van der Waals surface area contributed by atoms with Gasteiger partial charge in [-0.15, -0.1) is 6.42 Å². The van der Waals surface area contributed by atoms with Gasteiger partial charge in [0.2, 0.25) is 5.60 Å². The molecule has 0 aliphatic carbocycles. The van der Waals surface area contributed by atoms with Crippen LogP contribution < -0.4 is 0 Å². The quantitative estimate of drug-likeness (QED) is 0.341. The standard InChI is InChI=1S/C5H6O3/c1-2-5(8,3-6)4-7/h1,3,7-8H,4H2/t5-/m0/s1. The van der Waals surface area contributed by atoms with Crippen LogP contribution in [0.2, 0.25) is 0 Å². The van der Waals surface area contributed by atoms with E-state index in [1.165, 1.54) is 0 Å². The van der Waals surface area contributed by atoms with E-state index in [-0.39, 0.29) is 6.29 Å². The molecule has 0 unspecified atom stereocenters. The Balaban J connectivity index is 4.03. The summed E-state index contributed by atoms with van der Waals surface area (Å²) in [6.07, 6.45) is 4.75. The molecule has 0 aliphatic rings. The van der Waals surface area contributed by atoms with Crippen LogP contribution in [0.25, 0.3) is 0 Å². The van der Waals surface area contributed by atoms with Crippen LogP contribution in [0.4, 0.5) is 0 Å². The second kappa shape index (κ2) is 2.46. The van der Waals surface area contributed by atoms with Crippen molar-refractivity contribution in [2.45, 2.75) is 5.60 Å². The Morgan fingerprint density at radius 2 is 2.38 bits per heavy atom. The Morgan fingerprint density at radius 3 is 2.38 bits per heavy atom. The number of rotatable bonds is 2. The molecule has 1 atom stereocenters. The van der Waals surface area contributed by atoms with Gasteiger partial charge < -0.3 is 10.2 Å². The van der Waals surface area contributed by atoms with E-state index >= 15 is 0 Å². The molecule has 0 aromatic rings. The van der Waals surface area contributed by atoms with Crippen LogP contribution in [-0.4, -0.2) is 28.7 Å². The van der Waals surface area contributed by atoms with E-state index in [4.69, 9.17) is 10.2 Å². The van der Waals surface area contributed by atoms with Crippen molar-refractivity contribution in [3.63, 3.8) is 0 Å². The predicted octanol–water partition coefficient (Wildman–Crippen LogP) is -1.46. The largest absolute Gasteiger partial charge is 0.392 e. The number of terminal acetylenes is 1. The minimum atomic E-state index is -1.97. The molecule has 0 rings (SSSR count). The minimum absolute atomic E-state index is 0.118. The van der Waals surface area contributed by atoms with Crippen molar-refractivity contribution in [1.82, 2.24) is 0 Å². The molecule has 2 N–H and O–H groups in total. The van der Waals surface area contributed by atoms with E-state index in [9.17, 15) is 4.79 Å². The molecule has 0 bridgehead atoms. The van der Waals surface area contributed by atoms with Gasteiger partial charge in [0.15, 0.2) is 6.29 Å². The van der Waals surface area contributed by atoms with Gasteiger partial charge in [-0.2, -0.15) is 0 Å². The van der Waals surface area contributed by atoms with Gasteiger partial charge in [0.1, 0.15) is 0 Å². The maximum absolute atomic E-state index is 9.74. The van der Waals surface area contributed by atoms with Crippen molar-refractivity contribution in [3.05, 3.63) is 0 Å². The van der Waals surface area contributed by atoms with Crippen LogP contribution >= 0.6 is 0 Å². The van der Waals surface area contributed by atoms with Crippen LogP contribution in [0.1, 0.15) is 0 Å². The van der Waals surface area contributed by atoms with Crippen molar-refractivity contribution < 1.29 is 15.0 Å². The molecule has 0 fully saturated rings. The second-order valence-corrected chi connectivity index (χ2v) is 1.34. The highest BCUT2D eigenvalue weighted by Gasteiger charge is 2.20. The Kier molecular flexibility index (Phi) is 2.19. The molecule has 0 aliphatic heterocycles. The highest BCUT2D eigenvalue weighted by molar-refractivity contribution is 5.67. The third kappa shape index (κ3) is 1.34. The molecule has 3 nitrogen and oxygen atoms in total. The summed E-state index contributed by atoms with van der Waals surface area (Å²) in [7, 11) is 0. The number of aliphatic hydroxyl groups excluding tert-OH is 1. The number of aldehydes is 1.